The van der Waals surface area contributed by atoms with E-state index in [9.17, 15) is 18.0 Å². The van der Waals surface area contributed by atoms with Crippen LogP contribution in [0.4, 0.5) is 18.9 Å². The summed E-state index contributed by atoms with van der Waals surface area (Å²) in [5, 5.41) is 4.54. The summed E-state index contributed by atoms with van der Waals surface area (Å²) in [5.41, 5.74) is 5.36. The van der Waals surface area contributed by atoms with Gasteiger partial charge in [0.2, 0.25) is 0 Å². The number of benzene rings is 1. The van der Waals surface area contributed by atoms with Crippen LogP contribution in [0, 0.1) is 6.92 Å². The maximum atomic E-state index is 12.7. The van der Waals surface area contributed by atoms with Crippen LogP contribution < -0.4 is 11.1 Å². The number of carbonyl (C=O) groups is 1. The number of carbonyl (C=O) groups excluding carboxylic acids is 1. The zero-order valence-electron chi connectivity index (χ0n) is 11.0. The number of hydrogen-bond acceptors (Lipinski definition) is 4. The molecule has 1 aromatic heterocycles. The van der Waals surface area contributed by atoms with Crippen molar-refractivity contribution in [1.82, 2.24) is 4.98 Å². The number of anilines is 1. The number of hydrogen-bond donors (Lipinski definition) is 2. The second-order valence-corrected chi connectivity index (χ2v) is 5.25. The van der Waals surface area contributed by atoms with Gasteiger partial charge in [0.1, 0.15) is 10.7 Å². The smallest absolute Gasteiger partial charge is 0.325 e. The molecule has 0 atom stereocenters. The van der Waals surface area contributed by atoms with Crippen LogP contribution in [0.3, 0.4) is 0 Å². The van der Waals surface area contributed by atoms with Crippen molar-refractivity contribution in [3.8, 4) is 0 Å². The van der Waals surface area contributed by atoms with Gasteiger partial charge >= 0.3 is 6.18 Å². The van der Waals surface area contributed by atoms with Crippen molar-refractivity contribution in [2.45, 2.75) is 19.6 Å². The predicted molar refractivity (Wildman–Crippen MR) is 74.1 cm³/mol. The fourth-order valence-corrected chi connectivity index (χ4v) is 2.28. The number of amides is 1. The average Bonchev–Trinajstić information content (AvgIpc) is 2.88. The van der Waals surface area contributed by atoms with Gasteiger partial charge in [-0.25, -0.2) is 4.98 Å². The second kappa shape index (κ2) is 5.82. The topological polar surface area (TPSA) is 68.0 Å². The lowest BCUT2D eigenvalue weighted by Crippen LogP contribution is -2.15. The molecule has 0 unspecified atom stereocenters. The first kappa shape index (κ1) is 15.5. The van der Waals surface area contributed by atoms with Gasteiger partial charge in [-0.2, -0.15) is 13.2 Å². The van der Waals surface area contributed by atoms with E-state index >= 15 is 0 Å². The molecule has 1 heterocycles. The molecule has 0 radical (unpaired) electrons. The van der Waals surface area contributed by atoms with Gasteiger partial charge in [-0.3, -0.25) is 4.79 Å². The standard InChI is InChI=1S/C13H12F3N3OS/c1-7-2-3-8(13(14,15)16)4-9(7)19-12(20)10-6-21-11(5-17)18-10/h2-4,6H,5,17H2,1H3,(H,19,20). The molecule has 0 saturated carbocycles. The Kier molecular flexibility index (Phi) is 4.29. The summed E-state index contributed by atoms with van der Waals surface area (Å²) in [6.45, 7) is 1.82. The highest BCUT2D eigenvalue weighted by Gasteiger charge is 2.31. The molecule has 0 spiro atoms. The summed E-state index contributed by atoms with van der Waals surface area (Å²) < 4.78 is 38.0. The molecule has 0 bridgehead atoms. The molecule has 3 N–H and O–H groups in total. The van der Waals surface area contributed by atoms with Crippen LogP contribution in [-0.4, -0.2) is 10.9 Å². The SMILES string of the molecule is Cc1ccc(C(F)(F)F)cc1NC(=O)c1csc(CN)n1. The van der Waals surface area contributed by atoms with Gasteiger partial charge in [0.05, 0.1) is 5.56 Å². The Hall–Kier alpha value is -1.93. The zero-order valence-corrected chi connectivity index (χ0v) is 11.8. The van der Waals surface area contributed by atoms with Crippen molar-refractivity contribution in [3.05, 3.63) is 45.4 Å². The molecule has 0 aliphatic rings. The van der Waals surface area contributed by atoms with Gasteiger partial charge in [-0.1, -0.05) is 6.07 Å². The molecule has 21 heavy (non-hydrogen) atoms. The van der Waals surface area contributed by atoms with Gasteiger partial charge in [-0.05, 0) is 24.6 Å². The molecule has 0 aliphatic carbocycles. The number of nitrogens with two attached hydrogens (primary N) is 1. The Morgan fingerprint density at radius 1 is 1.43 bits per heavy atom. The minimum atomic E-state index is -4.46. The van der Waals surface area contributed by atoms with Crippen LogP contribution in [0.25, 0.3) is 0 Å². The van der Waals surface area contributed by atoms with E-state index in [4.69, 9.17) is 5.73 Å². The van der Waals surface area contributed by atoms with Gasteiger partial charge in [0, 0.05) is 17.6 Å². The first-order valence-electron chi connectivity index (χ1n) is 5.95. The third kappa shape index (κ3) is 3.59. The van der Waals surface area contributed by atoms with E-state index < -0.39 is 17.6 Å². The van der Waals surface area contributed by atoms with Crippen LogP contribution >= 0.6 is 11.3 Å². The Labute approximate surface area is 122 Å². The van der Waals surface area contributed by atoms with Crippen LogP contribution in [-0.2, 0) is 12.7 Å². The minimum absolute atomic E-state index is 0.108. The quantitative estimate of drug-likeness (QED) is 0.914. The summed E-state index contributed by atoms with van der Waals surface area (Å²) in [7, 11) is 0. The molecule has 0 fully saturated rings. The summed E-state index contributed by atoms with van der Waals surface area (Å²) in [5.74, 6) is -0.562. The molecule has 112 valence electrons. The lowest BCUT2D eigenvalue weighted by molar-refractivity contribution is -0.137. The van der Waals surface area contributed by atoms with Gasteiger partial charge < -0.3 is 11.1 Å². The highest BCUT2D eigenvalue weighted by molar-refractivity contribution is 7.09. The van der Waals surface area contributed by atoms with Gasteiger partial charge in [0.25, 0.3) is 5.91 Å². The lowest BCUT2D eigenvalue weighted by Gasteiger charge is -2.12. The molecular formula is C13H12F3N3OS. The summed E-state index contributed by atoms with van der Waals surface area (Å²) >= 11 is 1.22. The molecule has 4 nitrogen and oxygen atoms in total. The van der Waals surface area contributed by atoms with Crippen LogP contribution in [0.1, 0.15) is 26.6 Å². The van der Waals surface area contributed by atoms with E-state index in [2.05, 4.69) is 10.3 Å². The number of halogens is 3. The molecule has 2 aromatic rings. The number of nitrogens with zero attached hydrogens (tertiary/aromatic N) is 1. The number of aromatic nitrogens is 1. The first-order chi connectivity index (χ1) is 9.81. The number of alkyl halides is 3. The third-order valence-corrected chi connectivity index (χ3v) is 3.64. The molecular weight excluding hydrogens is 303 g/mol. The average molecular weight is 315 g/mol. The maximum absolute atomic E-state index is 12.7. The van der Waals surface area contributed by atoms with Crippen molar-refractivity contribution >= 4 is 22.9 Å². The molecule has 2 rings (SSSR count). The highest BCUT2D eigenvalue weighted by Crippen LogP contribution is 2.32. The molecule has 0 saturated heterocycles. The van der Waals surface area contributed by atoms with Gasteiger partial charge in [0.15, 0.2) is 0 Å². The number of aryl methyl sites for hydroxylation is 1. The maximum Gasteiger partial charge on any atom is 0.416 e. The fraction of sp³-hybridized carbons (Fsp3) is 0.231. The lowest BCUT2D eigenvalue weighted by atomic mass is 10.1. The minimum Gasteiger partial charge on any atom is -0.325 e. The highest BCUT2D eigenvalue weighted by atomic mass is 32.1. The van der Waals surface area contributed by atoms with Crippen LogP contribution in [0.5, 0.6) is 0 Å². The number of thiazole rings is 1. The first-order valence-corrected chi connectivity index (χ1v) is 6.83. The van der Waals surface area contributed by atoms with E-state index in [0.717, 1.165) is 12.1 Å². The molecule has 8 heteroatoms. The monoisotopic (exact) mass is 315 g/mol. The normalized spacial score (nSPS) is 11.5. The van der Waals surface area contributed by atoms with Gasteiger partial charge in [-0.15, -0.1) is 11.3 Å². The van der Waals surface area contributed by atoms with E-state index in [1.54, 1.807) is 6.92 Å². The Morgan fingerprint density at radius 2 is 2.14 bits per heavy atom. The van der Waals surface area contributed by atoms with E-state index in [1.807, 2.05) is 0 Å². The van der Waals surface area contributed by atoms with E-state index in [1.165, 1.54) is 22.8 Å². The second-order valence-electron chi connectivity index (χ2n) is 4.31. The molecule has 0 aliphatic heterocycles. The van der Waals surface area contributed by atoms with Crippen molar-refractivity contribution in [2.75, 3.05) is 5.32 Å². The number of rotatable bonds is 3. The van der Waals surface area contributed by atoms with Crippen molar-refractivity contribution in [3.63, 3.8) is 0 Å². The molecule has 1 amide bonds. The largest absolute Gasteiger partial charge is 0.416 e. The van der Waals surface area contributed by atoms with Crippen molar-refractivity contribution in [2.24, 2.45) is 5.73 Å². The van der Waals surface area contributed by atoms with E-state index in [0.29, 0.717) is 10.6 Å². The zero-order chi connectivity index (χ0) is 15.6. The number of nitrogens with one attached hydrogen (secondary N) is 1. The van der Waals surface area contributed by atoms with Crippen LogP contribution in [0.2, 0.25) is 0 Å². The van der Waals surface area contributed by atoms with Crippen molar-refractivity contribution < 1.29 is 18.0 Å². The Bertz CT molecular complexity index is 667. The Morgan fingerprint density at radius 3 is 2.71 bits per heavy atom. The predicted octanol–water partition coefficient (Wildman–Crippen LogP) is 3.18. The summed E-state index contributed by atoms with van der Waals surface area (Å²) in [6, 6.07) is 3.19. The van der Waals surface area contributed by atoms with Crippen LogP contribution in [0.15, 0.2) is 23.6 Å². The molecule has 1 aromatic carbocycles. The Balaban J connectivity index is 2.24. The fourth-order valence-electron chi connectivity index (χ4n) is 1.63. The van der Waals surface area contributed by atoms with Crippen molar-refractivity contribution in [1.29, 1.82) is 0 Å². The van der Waals surface area contributed by atoms with E-state index in [-0.39, 0.29) is 17.9 Å². The third-order valence-electron chi connectivity index (χ3n) is 2.77. The summed E-state index contributed by atoms with van der Waals surface area (Å²) in [4.78, 5) is 16.0. The summed E-state index contributed by atoms with van der Waals surface area (Å²) in [6.07, 6.45) is -4.46.